The van der Waals surface area contributed by atoms with E-state index >= 15 is 0 Å². The van der Waals surface area contributed by atoms with Crippen molar-refractivity contribution in [3.63, 3.8) is 0 Å². The minimum absolute atomic E-state index is 0.480. The topological polar surface area (TPSA) is 28.2 Å². The number of hydrogen-bond acceptors (Lipinski definition) is 4. The van der Waals surface area contributed by atoms with E-state index in [0.717, 1.165) is 19.6 Å². The minimum Gasteiger partial charge on any atom is -0.312 e. The number of fused-ring (bicyclic) bond motifs is 1. The molecule has 3 nitrogen and oxygen atoms in total. The van der Waals surface area contributed by atoms with Gasteiger partial charge in [-0.15, -0.1) is 11.3 Å². The van der Waals surface area contributed by atoms with Crippen LogP contribution in [-0.4, -0.2) is 30.0 Å². The summed E-state index contributed by atoms with van der Waals surface area (Å²) in [7, 11) is 2.23. The summed E-state index contributed by atoms with van der Waals surface area (Å²) in [6, 6.07) is 15.7. The smallest absolute Gasteiger partial charge is 0.0401 e. The lowest BCUT2D eigenvalue weighted by Crippen LogP contribution is -2.28. The molecular weight excluding hydrogens is 314 g/mol. The summed E-state index contributed by atoms with van der Waals surface area (Å²) in [6.07, 6.45) is 5.12. The first kappa shape index (κ1) is 15.8. The quantitative estimate of drug-likeness (QED) is 0.760. The number of thiophene rings is 1. The molecule has 1 aliphatic heterocycles. The number of nitrogens with zero attached hydrogens (tertiary/aromatic N) is 2. The van der Waals surface area contributed by atoms with Crippen molar-refractivity contribution in [2.75, 3.05) is 20.1 Å². The number of pyridine rings is 1. The van der Waals surface area contributed by atoms with Gasteiger partial charge in [0.05, 0.1) is 0 Å². The maximum Gasteiger partial charge on any atom is 0.0401 e. The molecule has 0 aliphatic carbocycles. The van der Waals surface area contributed by atoms with Crippen molar-refractivity contribution < 1.29 is 0 Å². The third kappa shape index (κ3) is 3.22. The Morgan fingerprint density at radius 2 is 2.17 bits per heavy atom. The van der Waals surface area contributed by atoms with Crippen LogP contribution in [0.5, 0.6) is 0 Å². The van der Waals surface area contributed by atoms with E-state index in [2.05, 4.69) is 58.6 Å². The first-order chi connectivity index (χ1) is 11.8. The Kier molecular flexibility index (Phi) is 4.60. The van der Waals surface area contributed by atoms with Crippen LogP contribution in [0.15, 0.2) is 54.9 Å². The second kappa shape index (κ2) is 7.01. The summed E-state index contributed by atoms with van der Waals surface area (Å²) in [5, 5.41) is 5.04. The Morgan fingerprint density at radius 3 is 3.00 bits per heavy atom. The van der Waals surface area contributed by atoms with E-state index in [0.29, 0.717) is 12.0 Å². The van der Waals surface area contributed by atoms with Crippen LogP contribution in [0.2, 0.25) is 0 Å². The number of benzene rings is 1. The van der Waals surface area contributed by atoms with Crippen LogP contribution < -0.4 is 5.32 Å². The van der Waals surface area contributed by atoms with Crippen LogP contribution in [0.25, 0.3) is 10.1 Å². The molecule has 3 heterocycles. The van der Waals surface area contributed by atoms with Gasteiger partial charge in [-0.25, -0.2) is 0 Å². The molecule has 4 rings (SSSR count). The van der Waals surface area contributed by atoms with Crippen molar-refractivity contribution in [3.05, 3.63) is 65.3 Å². The largest absolute Gasteiger partial charge is 0.312 e. The van der Waals surface area contributed by atoms with Crippen molar-refractivity contribution in [3.8, 4) is 0 Å². The summed E-state index contributed by atoms with van der Waals surface area (Å²) in [5.41, 5.74) is 1.34. The molecule has 0 bridgehead atoms. The highest BCUT2D eigenvalue weighted by Gasteiger charge is 2.32. The van der Waals surface area contributed by atoms with Gasteiger partial charge in [0.25, 0.3) is 0 Å². The zero-order valence-corrected chi connectivity index (χ0v) is 14.8. The van der Waals surface area contributed by atoms with Crippen molar-refractivity contribution >= 4 is 21.4 Å². The summed E-state index contributed by atoms with van der Waals surface area (Å²) < 4.78 is 1.38. The van der Waals surface area contributed by atoms with Crippen LogP contribution in [0.3, 0.4) is 0 Å². The third-order valence-electron chi connectivity index (χ3n) is 4.98. The molecule has 1 aromatic carbocycles. The van der Waals surface area contributed by atoms with Gasteiger partial charge in [0.1, 0.15) is 0 Å². The predicted octanol–water partition coefficient (Wildman–Crippen LogP) is 4.08. The molecule has 0 saturated carbocycles. The van der Waals surface area contributed by atoms with Gasteiger partial charge < -0.3 is 5.32 Å². The van der Waals surface area contributed by atoms with Crippen molar-refractivity contribution in [2.45, 2.75) is 19.0 Å². The average molecular weight is 337 g/mol. The van der Waals surface area contributed by atoms with Crippen LogP contribution in [0.4, 0.5) is 0 Å². The summed E-state index contributed by atoms with van der Waals surface area (Å²) in [5.74, 6) is 0.647. The van der Waals surface area contributed by atoms with Crippen LogP contribution in [0.1, 0.15) is 22.9 Å². The fourth-order valence-electron chi connectivity index (χ4n) is 3.82. The number of likely N-dealkylation sites (tertiary alicyclic amines) is 1. The van der Waals surface area contributed by atoms with Crippen molar-refractivity contribution in [1.82, 2.24) is 15.2 Å². The van der Waals surface area contributed by atoms with E-state index in [1.54, 1.807) is 0 Å². The van der Waals surface area contributed by atoms with Crippen molar-refractivity contribution in [1.29, 1.82) is 0 Å². The number of nitrogens with one attached hydrogen (secondary N) is 1. The first-order valence-electron chi connectivity index (χ1n) is 8.59. The molecule has 0 radical (unpaired) electrons. The van der Waals surface area contributed by atoms with Crippen molar-refractivity contribution in [2.24, 2.45) is 5.92 Å². The zero-order valence-electron chi connectivity index (χ0n) is 14.0. The lowest BCUT2D eigenvalue weighted by atomic mass is 9.95. The molecule has 24 heavy (non-hydrogen) atoms. The molecule has 2 aromatic heterocycles. The second-order valence-corrected chi connectivity index (χ2v) is 7.81. The monoisotopic (exact) mass is 337 g/mol. The zero-order chi connectivity index (χ0) is 16.4. The molecule has 1 N–H and O–H groups in total. The Bertz CT molecular complexity index is 766. The SMILES string of the molecule is CN1CC[C@@H](CNCc2cc3ccccc3s2)[C@@H]1c1cccnc1. The van der Waals surface area contributed by atoms with Crippen LogP contribution in [0, 0.1) is 5.92 Å². The van der Waals surface area contributed by atoms with Gasteiger partial charge in [0.2, 0.25) is 0 Å². The number of aromatic nitrogens is 1. The Hall–Kier alpha value is -1.75. The third-order valence-corrected chi connectivity index (χ3v) is 6.10. The van der Waals surface area contributed by atoms with E-state index in [-0.39, 0.29) is 0 Å². The molecule has 1 fully saturated rings. The van der Waals surface area contributed by atoms with Crippen LogP contribution >= 0.6 is 11.3 Å². The van der Waals surface area contributed by atoms with E-state index in [1.807, 2.05) is 29.8 Å². The molecule has 2 atom stereocenters. The molecule has 4 heteroatoms. The summed E-state index contributed by atoms with van der Waals surface area (Å²) >= 11 is 1.89. The lowest BCUT2D eigenvalue weighted by molar-refractivity contribution is 0.271. The van der Waals surface area contributed by atoms with Gasteiger partial charge in [-0.3, -0.25) is 9.88 Å². The van der Waals surface area contributed by atoms with E-state index in [4.69, 9.17) is 0 Å². The fourth-order valence-corrected chi connectivity index (χ4v) is 4.86. The molecule has 3 aromatic rings. The summed E-state index contributed by atoms with van der Waals surface area (Å²) in [6.45, 7) is 3.17. The van der Waals surface area contributed by atoms with Crippen LogP contribution in [-0.2, 0) is 6.54 Å². The second-order valence-electron chi connectivity index (χ2n) is 6.64. The maximum absolute atomic E-state index is 4.30. The van der Waals surface area contributed by atoms with Gasteiger partial charge in [-0.2, -0.15) is 0 Å². The average Bonchev–Trinajstić information content (AvgIpc) is 3.19. The predicted molar refractivity (Wildman–Crippen MR) is 101 cm³/mol. The molecule has 124 valence electrons. The van der Waals surface area contributed by atoms with Gasteiger partial charge >= 0.3 is 0 Å². The fraction of sp³-hybridized carbons (Fsp3) is 0.350. The molecule has 0 amide bonds. The minimum atomic E-state index is 0.480. The van der Waals surface area contributed by atoms with E-state index in [9.17, 15) is 0 Å². The van der Waals surface area contributed by atoms with Gasteiger partial charge in [0, 0.05) is 41.1 Å². The highest BCUT2D eigenvalue weighted by molar-refractivity contribution is 7.19. The Balaban J connectivity index is 1.39. The molecule has 0 spiro atoms. The van der Waals surface area contributed by atoms with Gasteiger partial charge in [0.15, 0.2) is 0 Å². The number of hydrogen-bond donors (Lipinski definition) is 1. The molecule has 1 saturated heterocycles. The van der Waals surface area contributed by atoms with Gasteiger partial charge in [-0.05, 0) is 55.1 Å². The Morgan fingerprint density at radius 1 is 1.25 bits per heavy atom. The van der Waals surface area contributed by atoms with E-state index < -0.39 is 0 Å². The molecule has 0 unspecified atom stereocenters. The lowest BCUT2D eigenvalue weighted by Gasteiger charge is -2.25. The number of rotatable bonds is 5. The highest BCUT2D eigenvalue weighted by Crippen LogP contribution is 2.35. The van der Waals surface area contributed by atoms with E-state index in [1.165, 1.54) is 26.9 Å². The first-order valence-corrected chi connectivity index (χ1v) is 9.41. The normalized spacial score (nSPS) is 21.5. The standard InChI is InChI=1S/C20H23N3S/c1-23-10-8-17(20(23)16-6-4-9-21-12-16)13-22-14-18-11-15-5-2-3-7-19(15)24-18/h2-7,9,11-12,17,20,22H,8,10,13-14H2,1H3/t17-,20-/m0/s1. The Labute approximate surface area is 147 Å². The maximum atomic E-state index is 4.30. The summed E-state index contributed by atoms with van der Waals surface area (Å²) in [4.78, 5) is 8.18. The molecule has 1 aliphatic rings. The molecular formula is C20H23N3S. The highest BCUT2D eigenvalue weighted by atomic mass is 32.1. The van der Waals surface area contributed by atoms with Gasteiger partial charge in [-0.1, -0.05) is 24.3 Å².